The molecule has 1 aromatic rings. The number of carbonyl (C=O) groups excluding carboxylic acids is 1. The van der Waals surface area contributed by atoms with Crippen molar-refractivity contribution in [2.45, 2.75) is 37.8 Å². The summed E-state index contributed by atoms with van der Waals surface area (Å²) in [5, 5.41) is 3.56. The predicted octanol–water partition coefficient (Wildman–Crippen LogP) is 2.37. The normalized spacial score (nSPS) is 26.3. The minimum Gasteiger partial charge on any atom is -0.379 e. The molecule has 6 heteroatoms. The summed E-state index contributed by atoms with van der Waals surface area (Å²) in [4.78, 5) is 15.0. The van der Waals surface area contributed by atoms with E-state index in [1.807, 2.05) is 0 Å². The molecule has 5 nitrogen and oxygen atoms in total. The number of aromatic nitrogens is 1. The second-order valence-electron chi connectivity index (χ2n) is 5.84. The minimum atomic E-state index is -0.147. The lowest BCUT2D eigenvalue weighted by Crippen LogP contribution is -2.50. The number of rotatable bonds is 5. The van der Waals surface area contributed by atoms with Crippen LogP contribution in [0.3, 0.4) is 0 Å². The van der Waals surface area contributed by atoms with Crippen molar-refractivity contribution < 1.29 is 14.3 Å². The SMILES string of the molecule is O=C(NC1CCOCC1OCC1CCC1)c1cc(Cl)c[nH]1. The van der Waals surface area contributed by atoms with Gasteiger partial charge in [-0.2, -0.15) is 0 Å². The molecule has 2 atom stereocenters. The molecule has 116 valence electrons. The highest BCUT2D eigenvalue weighted by Gasteiger charge is 2.30. The van der Waals surface area contributed by atoms with Crippen LogP contribution in [-0.2, 0) is 9.47 Å². The lowest BCUT2D eigenvalue weighted by atomic mass is 9.86. The quantitative estimate of drug-likeness (QED) is 0.877. The molecule has 2 N–H and O–H groups in total. The van der Waals surface area contributed by atoms with Crippen molar-refractivity contribution in [3.05, 3.63) is 23.0 Å². The van der Waals surface area contributed by atoms with Gasteiger partial charge in [0.15, 0.2) is 0 Å². The van der Waals surface area contributed by atoms with Gasteiger partial charge >= 0.3 is 0 Å². The summed E-state index contributed by atoms with van der Waals surface area (Å²) in [6, 6.07) is 1.62. The van der Waals surface area contributed by atoms with E-state index in [-0.39, 0.29) is 18.1 Å². The van der Waals surface area contributed by atoms with E-state index in [9.17, 15) is 4.79 Å². The first-order valence-electron chi connectivity index (χ1n) is 7.56. The third-order valence-electron chi connectivity index (χ3n) is 4.28. The molecule has 1 saturated heterocycles. The molecule has 1 aliphatic heterocycles. The molecule has 0 aromatic carbocycles. The van der Waals surface area contributed by atoms with E-state index in [0.29, 0.717) is 29.8 Å². The lowest BCUT2D eigenvalue weighted by Gasteiger charge is -2.34. The van der Waals surface area contributed by atoms with Crippen LogP contribution in [0.15, 0.2) is 12.3 Å². The zero-order chi connectivity index (χ0) is 14.7. The molecule has 1 aromatic heterocycles. The number of hydrogen-bond donors (Lipinski definition) is 2. The Morgan fingerprint density at radius 3 is 3.00 bits per heavy atom. The molecule has 0 spiro atoms. The number of H-pyrrole nitrogens is 1. The fourth-order valence-electron chi connectivity index (χ4n) is 2.71. The Kier molecular flexibility index (Phi) is 4.83. The first-order valence-corrected chi connectivity index (χ1v) is 7.94. The molecule has 0 bridgehead atoms. The van der Waals surface area contributed by atoms with Gasteiger partial charge in [-0.25, -0.2) is 0 Å². The highest BCUT2D eigenvalue weighted by atomic mass is 35.5. The highest BCUT2D eigenvalue weighted by Crippen LogP contribution is 2.27. The van der Waals surface area contributed by atoms with E-state index in [2.05, 4.69) is 10.3 Å². The molecule has 2 heterocycles. The molecule has 1 amide bonds. The van der Waals surface area contributed by atoms with Gasteiger partial charge in [-0.1, -0.05) is 18.0 Å². The van der Waals surface area contributed by atoms with Crippen molar-refractivity contribution in [1.29, 1.82) is 0 Å². The van der Waals surface area contributed by atoms with Crippen molar-refractivity contribution in [2.75, 3.05) is 19.8 Å². The van der Waals surface area contributed by atoms with Gasteiger partial charge in [0.1, 0.15) is 11.8 Å². The standard InChI is InChI=1S/C15H21ClN2O3/c16-11-6-13(17-7-11)15(19)18-12-4-5-20-9-14(12)21-8-10-2-1-3-10/h6-7,10,12,14,17H,1-5,8-9H2,(H,18,19). The van der Waals surface area contributed by atoms with Crippen LogP contribution in [0, 0.1) is 5.92 Å². The summed E-state index contributed by atoms with van der Waals surface area (Å²) < 4.78 is 11.4. The molecule has 21 heavy (non-hydrogen) atoms. The average Bonchev–Trinajstić information content (AvgIpc) is 2.85. The average molecular weight is 313 g/mol. The van der Waals surface area contributed by atoms with Gasteiger partial charge in [-0.15, -0.1) is 0 Å². The van der Waals surface area contributed by atoms with Crippen LogP contribution in [0.1, 0.15) is 36.2 Å². The maximum absolute atomic E-state index is 12.2. The largest absolute Gasteiger partial charge is 0.379 e. The number of carbonyl (C=O) groups is 1. The first-order chi connectivity index (χ1) is 10.2. The second kappa shape index (κ2) is 6.81. The lowest BCUT2D eigenvalue weighted by molar-refractivity contribution is -0.0819. The van der Waals surface area contributed by atoms with Gasteiger partial charge in [-0.3, -0.25) is 4.79 Å². The van der Waals surface area contributed by atoms with E-state index in [1.54, 1.807) is 12.3 Å². The van der Waals surface area contributed by atoms with Crippen molar-refractivity contribution >= 4 is 17.5 Å². The van der Waals surface area contributed by atoms with E-state index >= 15 is 0 Å². The second-order valence-corrected chi connectivity index (χ2v) is 6.28. The summed E-state index contributed by atoms with van der Waals surface area (Å²) in [6.45, 7) is 1.97. The van der Waals surface area contributed by atoms with E-state index < -0.39 is 0 Å². The van der Waals surface area contributed by atoms with Crippen LogP contribution >= 0.6 is 11.6 Å². The smallest absolute Gasteiger partial charge is 0.268 e. The Hall–Kier alpha value is -1.04. The molecular formula is C15H21ClN2O3. The summed E-state index contributed by atoms with van der Waals surface area (Å²) >= 11 is 5.83. The monoisotopic (exact) mass is 312 g/mol. The number of aromatic amines is 1. The predicted molar refractivity (Wildman–Crippen MR) is 79.6 cm³/mol. The topological polar surface area (TPSA) is 63.4 Å². The summed E-state index contributed by atoms with van der Waals surface area (Å²) in [6.07, 6.45) is 6.13. The van der Waals surface area contributed by atoms with Crippen LogP contribution in [0.25, 0.3) is 0 Å². The summed E-state index contributed by atoms with van der Waals surface area (Å²) in [5.74, 6) is 0.538. The molecule has 1 saturated carbocycles. The van der Waals surface area contributed by atoms with Gasteiger partial charge in [0.25, 0.3) is 5.91 Å². The molecule has 2 unspecified atom stereocenters. The van der Waals surface area contributed by atoms with E-state index in [4.69, 9.17) is 21.1 Å². The summed E-state index contributed by atoms with van der Waals surface area (Å²) in [7, 11) is 0. The zero-order valence-corrected chi connectivity index (χ0v) is 12.7. The van der Waals surface area contributed by atoms with E-state index in [1.165, 1.54) is 19.3 Å². The van der Waals surface area contributed by atoms with Crippen molar-refractivity contribution in [3.8, 4) is 0 Å². The Morgan fingerprint density at radius 1 is 1.48 bits per heavy atom. The zero-order valence-electron chi connectivity index (χ0n) is 11.9. The Morgan fingerprint density at radius 2 is 2.33 bits per heavy atom. The number of hydrogen-bond acceptors (Lipinski definition) is 3. The van der Waals surface area contributed by atoms with Gasteiger partial charge in [0.2, 0.25) is 0 Å². The first kappa shape index (κ1) is 14.9. The van der Waals surface area contributed by atoms with Crippen LogP contribution in [-0.4, -0.2) is 42.9 Å². The van der Waals surface area contributed by atoms with E-state index in [0.717, 1.165) is 13.0 Å². The summed E-state index contributed by atoms with van der Waals surface area (Å²) in [5.41, 5.74) is 0.476. The molecule has 1 aliphatic carbocycles. The minimum absolute atomic E-state index is 0.00611. The number of nitrogens with one attached hydrogen (secondary N) is 2. The highest BCUT2D eigenvalue weighted by molar-refractivity contribution is 6.30. The Labute approximate surface area is 129 Å². The number of ether oxygens (including phenoxy) is 2. The maximum Gasteiger partial charge on any atom is 0.268 e. The van der Waals surface area contributed by atoms with Gasteiger partial charge < -0.3 is 19.8 Å². The number of amides is 1. The van der Waals surface area contributed by atoms with Crippen LogP contribution in [0.5, 0.6) is 0 Å². The van der Waals surface area contributed by atoms with Crippen molar-refractivity contribution in [3.63, 3.8) is 0 Å². The Balaban J connectivity index is 1.54. The van der Waals surface area contributed by atoms with Crippen LogP contribution < -0.4 is 5.32 Å². The van der Waals surface area contributed by atoms with Gasteiger partial charge in [0.05, 0.1) is 17.7 Å². The molecule has 2 aliphatic rings. The maximum atomic E-state index is 12.2. The number of halogens is 1. The van der Waals surface area contributed by atoms with Gasteiger partial charge in [0, 0.05) is 19.4 Å². The fraction of sp³-hybridized carbons (Fsp3) is 0.667. The van der Waals surface area contributed by atoms with Crippen molar-refractivity contribution in [1.82, 2.24) is 10.3 Å². The van der Waals surface area contributed by atoms with Gasteiger partial charge in [-0.05, 0) is 31.2 Å². The van der Waals surface area contributed by atoms with Crippen LogP contribution in [0.4, 0.5) is 0 Å². The fourth-order valence-corrected chi connectivity index (χ4v) is 2.87. The van der Waals surface area contributed by atoms with Crippen LogP contribution in [0.2, 0.25) is 5.02 Å². The molecule has 0 radical (unpaired) electrons. The Bertz CT molecular complexity index is 487. The molecular weight excluding hydrogens is 292 g/mol. The third kappa shape index (κ3) is 3.78. The van der Waals surface area contributed by atoms with Crippen molar-refractivity contribution in [2.24, 2.45) is 5.92 Å². The molecule has 2 fully saturated rings. The molecule has 3 rings (SSSR count). The third-order valence-corrected chi connectivity index (χ3v) is 4.50.